The van der Waals surface area contributed by atoms with Crippen molar-refractivity contribution >= 4 is 17.0 Å². The lowest BCUT2D eigenvalue weighted by molar-refractivity contribution is 0.104. The highest BCUT2D eigenvalue weighted by atomic mass is 19.1. The topological polar surface area (TPSA) is 64.9 Å². The minimum Gasteiger partial charge on any atom is -0.493 e. The number of anilines is 1. The van der Waals surface area contributed by atoms with Crippen molar-refractivity contribution in [2.75, 3.05) is 19.5 Å². The highest BCUT2D eigenvalue weighted by Crippen LogP contribution is 2.29. The minimum absolute atomic E-state index is 0.259. The molecule has 156 valence electrons. The summed E-state index contributed by atoms with van der Waals surface area (Å²) in [7, 11) is 3.13. The Morgan fingerprint density at radius 1 is 1.03 bits per heavy atom. The number of hydrogen-bond acceptors (Lipinski definition) is 5. The molecule has 0 saturated heterocycles. The van der Waals surface area contributed by atoms with Crippen molar-refractivity contribution in [2.24, 2.45) is 0 Å². The van der Waals surface area contributed by atoms with Gasteiger partial charge in [0.1, 0.15) is 17.3 Å². The summed E-state index contributed by atoms with van der Waals surface area (Å²) < 4.78 is 25.6. The number of imidazole rings is 1. The van der Waals surface area contributed by atoms with Crippen LogP contribution in [-0.4, -0.2) is 29.4 Å². The second kappa shape index (κ2) is 8.71. The zero-order chi connectivity index (χ0) is 21.8. The van der Waals surface area contributed by atoms with Crippen LogP contribution in [0.1, 0.15) is 10.5 Å². The molecule has 1 N–H and O–H groups in total. The molecule has 0 bridgehead atoms. The number of fused-ring (bicyclic) bond motifs is 1. The normalized spacial score (nSPS) is 11.1. The van der Waals surface area contributed by atoms with Gasteiger partial charge in [0.25, 0.3) is 0 Å². The fraction of sp³-hybridized carbons (Fsp3) is 0.0833. The van der Waals surface area contributed by atoms with Gasteiger partial charge in [-0.15, -0.1) is 0 Å². The Bertz CT molecular complexity index is 1260. The number of ether oxygens (including phenoxy) is 2. The van der Waals surface area contributed by atoms with Crippen molar-refractivity contribution in [3.8, 4) is 22.9 Å². The fourth-order valence-corrected chi connectivity index (χ4v) is 3.24. The largest absolute Gasteiger partial charge is 0.493 e. The van der Waals surface area contributed by atoms with E-state index in [1.54, 1.807) is 44.7 Å². The van der Waals surface area contributed by atoms with Gasteiger partial charge in [-0.3, -0.25) is 9.20 Å². The van der Waals surface area contributed by atoms with Gasteiger partial charge in [0, 0.05) is 35.8 Å². The fourth-order valence-electron chi connectivity index (χ4n) is 3.24. The van der Waals surface area contributed by atoms with E-state index in [2.05, 4.69) is 10.3 Å². The molecule has 2 heterocycles. The second-order valence-electron chi connectivity index (χ2n) is 6.66. The zero-order valence-electron chi connectivity index (χ0n) is 17.0. The molecular formula is C24H20FN3O3. The minimum atomic E-state index is -0.329. The summed E-state index contributed by atoms with van der Waals surface area (Å²) >= 11 is 0. The molecular weight excluding hydrogens is 397 g/mol. The van der Waals surface area contributed by atoms with Gasteiger partial charge in [0.15, 0.2) is 11.5 Å². The maximum absolute atomic E-state index is 13.3. The molecule has 0 saturated carbocycles. The zero-order valence-corrected chi connectivity index (χ0v) is 17.0. The Labute approximate surface area is 178 Å². The molecule has 0 aliphatic carbocycles. The smallest absolute Gasteiger partial charge is 0.207 e. The van der Waals surface area contributed by atoms with Crippen molar-refractivity contribution in [3.05, 3.63) is 90.6 Å². The van der Waals surface area contributed by atoms with Gasteiger partial charge in [-0.2, -0.15) is 0 Å². The number of aromatic nitrogens is 2. The number of benzene rings is 2. The van der Waals surface area contributed by atoms with E-state index >= 15 is 0 Å². The summed E-state index contributed by atoms with van der Waals surface area (Å²) in [6.45, 7) is 0. The number of nitrogens with one attached hydrogen (secondary N) is 1. The number of carbonyl (C=O) groups excluding carboxylic acids is 1. The molecule has 0 fully saturated rings. The first-order chi connectivity index (χ1) is 15.1. The van der Waals surface area contributed by atoms with E-state index in [9.17, 15) is 9.18 Å². The van der Waals surface area contributed by atoms with E-state index < -0.39 is 0 Å². The average Bonchev–Trinajstić information content (AvgIpc) is 3.19. The Morgan fingerprint density at radius 2 is 1.81 bits per heavy atom. The van der Waals surface area contributed by atoms with Crippen LogP contribution in [0.25, 0.3) is 16.9 Å². The van der Waals surface area contributed by atoms with Crippen LogP contribution in [0.15, 0.2) is 79.1 Å². The third-order valence-electron chi connectivity index (χ3n) is 4.75. The van der Waals surface area contributed by atoms with E-state index in [-0.39, 0.29) is 11.6 Å². The molecule has 31 heavy (non-hydrogen) atoms. The molecule has 4 aromatic rings. The molecule has 0 radical (unpaired) electrons. The van der Waals surface area contributed by atoms with Gasteiger partial charge >= 0.3 is 0 Å². The summed E-state index contributed by atoms with van der Waals surface area (Å²) in [6, 6.07) is 16.9. The van der Waals surface area contributed by atoms with Crippen molar-refractivity contribution in [1.29, 1.82) is 0 Å². The number of hydrogen-bond donors (Lipinski definition) is 1. The predicted octanol–water partition coefficient (Wildman–Crippen LogP) is 4.97. The molecule has 0 aliphatic rings. The molecule has 2 aromatic carbocycles. The average molecular weight is 417 g/mol. The summed E-state index contributed by atoms with van der Waals surface area (Å²) in [5, 5.41) is 3.05. The second-order valence-corrected chi connectivity index (χ2v) is 6.66. The Morgan fingerprint density at radius 3 is 2.55 bits per heavy atom. The van der Waals surface area contributed by atoms with Gasteiger partial charge in [-0.05, 0) is 48.5 Å². The Hall–Kier alpha value is -4.13. The molecule has 0 amide bonds. The van der Waals surface area contributed by atoms with Crippen LogP contribution in [0.4, 0.5) is 10.1 Å². The summed E-state index contributed by atoms with van der Waals surface area (Å²) in [4.78, 5) is 17.4. The van der Waals surface area contributed by atoms with Crippen molar-refractivity contribution in [2.45, 2.75) is 0 Å². The van der Waals surface area contributed by atoms with Crippen LogP contribution >= 0.6 is 0 Å². The van der Waals surface area contributed by atoms with E-state index in [4.69, 9.17) is 9.47 Å². The van der Waals surface area contributed by atoms with Crippen LogP contribution in [0, 0.1) is 5.82 Å². The molecule has 2 aromatic heterocycles. The molecule has 0 atom stereocenters. The SMILES string of the molecule is COc1ccc(N/C=C\C(=O)c2nc(-c3ccc(F)cc3)n3ccccc23)cc1OC. The summed E-state index contributed by atoms with van der Waals surface area (Å²) in [6.07, 6.45) is 4.79. The third-order valence-corrected chi connectivity index (χ3v) is 4.75. The number of carbonyl (C=O) groups is 1. The molecule has 0 aliphatic heterocycles. The number of rotatable bonds is 7. The van der Waals surface area contributed by atoms with Crippen molar-refractivity contribution in [3.63, 3.8) is 0 Å². The number of nitrogens with zero attached hydrogens (tertiary/aromatic N) is 2. The van der Waals surface area contributed by atoms with Gasteiger partial charge < -0.3 is 14.8 Å². The lowest BCUT2D eigenvalue weighted by Gasteiger charge is -2.09. The lowest BCUT2D eigenvalue weighted by Crippen LogP contribution is -1.98. The maximum atomic E-state index is 13.3. The van der Waals surface area contributed by atoms with Crippen molar-refractivity contribution < 1.29 is 18.7 Å². The van der Waals surface area contributed by atoms with Crippen LogP contribution in [0.5, 0.6) is 11.5 Å². The van der Waals surface area contributed by atoms with Gasteiger partial charge in [0.2, 0.25) is 5.78 Å². The van der Waals surface area contributed by atoms with Crippen LogP contribution in [-0.2, 0) is 0 Å². The first-order valence-corrected chi connectivity index (χ1v) is 9.53. The highest BCUT2D eigenvalue weighted by molar-refractivity contribution is 6.08. The summed E-state index contributed by atoms with van der Waals surface area (Å²) in [5.41, 5.74) is 2.44. The molecule has 0 unspecified atom stereocenters. The standard InChI is InChI=1S/C24H20FN3O3/c1-30-21-11-10-18(15-22(21)31-2)26-13-12-20(29)23-19-5-3-4-14-28(19)24(27-23)16-6-8-17(25)9-7-16/h3-15,26H,1-2H3/b13-12-. The first-order valence-electron chi connectivity index (χ1n) is 9.53. The number of ketones is 1. The van der Waals surface area contributed by atoms with Crippen LogP contribution in [0.3, 0.4) is 0 Å². The Kier molecular flexibility index (Phi) is 5.66. The monoisotopic (exact) mass is 417 g/mol. The number of pyridine rings is 1. The van der Waals surface area contributed by atoms with E-state index in [0.29, 0.717) is 34.1 Å². The van der Waals surface area contributed by atoms with Gasteiger partial charge in [0.05, 0.1) is 19.7 Å². The Balaban J connectivity index is 1.60. The highest BCUT2D eigenvalue weighted by Gasteiger charge is 2.16. The predicted molar refractivity (Wildman–Crippen MR) is 117 cm³/mol. The molecule has 6 nitrogen and oxygen atoms in total. The van der Waals surface area contributed by atoms with E-state index in [1.165, 1.54) is 18.2 Å². The van der Waals surface area contributed by atoms with Gasteiger partial charge in [-0.25, -0.2) is 9.37 Å². The lowest BCUT2D eigenvalue weighted by atomic mass is 10.2. The first kappa shape index (κ1) is 20.2. The maximum Gasteiger partial charge on any atom is 0.207 e. The van der Waals surface area contributed by atoms with Crippen LogP contribution in [0.2, 0.25) is 0 Å². The number of halogens is 1. The molecule has 7 heteroatoms. The molecule has 0 spiro atoms. The molecule has 4 rings (SSSR count). The number of allylic oxidation sites excluding steroid dienone is 1. The van der Waals surface area contributed by atoms with Gasteiger partial charge in [-0.1, -0.05) is 6.07 Å². The summed E-state index contributed by atoms with van der Waals surface area (Å²) in [5.74, 6) is 1.18. The van der Waals surface area contributed by atoms with E-state index in [1.807, 2.05) is 34.9 Å². The van der Waals surface area contributed by atoms with Crippen molar-refractivity contribution in [1.82, 2.24) is 9.38 Å². The quantitative estimate of drug-likeness (QED) is 0.340. The van der Waals surface area contributed by atoms with Crippen LogP contribution < -0.4 is 14.8 Å². The van der Waals surface area contributed by atoms with E-state index in [0.717, 1.165) is 5.69 Å². The number of methoxy groups -OCH3 is 2. The third kappa shape index (κ3) is 4.11.